The van der Waals surface area contributed by atoms with Crippen LogP contribution >= 0.6 is 0 Å². The number of hydrogen-bond donors (Lipinski definition) is 0. The molecule has 2 aliphatic heterocycles. The van der Waals surface area contributed by atoms with E-state index in [0.29, 0.717) is 17.1 Å². The summed E-state index contributed by atoms with van der Waals surface area (Å²) < 4.78 is 10.4. The molecule has 2 aromatic rings. The molecule has 1 fully saturated rings. The van der Waals surface area contributed by atoms with Crippen LogP contribution in [0.4, 0.5) is 11.4 Å². The van der Waals surface area contributed by atoms with Crippen molar-refractivity contribution < 1.29 is 23.9 Å². The van der Waals surface area contributed by atoms with Gasteiger partial charge in [-0.1, -0.05) is 29.8 Å². The van der Waals surface area contributed by atoms with Gasteiger partial charge in [-0.3, -0.25) is 14.6 Å². The van der Waals surface area contributed by atoms with Crippen LogP contribution in [0.15, 0.2) is 53.6 Å². The molecule has 0 radical (unpaired) electrons. The minimum Gasteiger partial charge on any atom is -0.495 e. The van der Waals surface area contributed by atoms with Crippen molar-refractivity contribution in [3.63, 3.8) is 0 Å². The molecule has 2 unspecified atom stereocenters. The summed E-state index contributed by atoms with van der Waals surface area (Å²) in [6.45, 7) is 3.75. The highest BCUT2D eigenvalue weighted by atomic mass is 16.5. The molecule has 0 spiro atoms. The zero-order chi connectivity index (χ0) is 21.4. The summed E-state index contributed by atoms with van der Waals surface area (Å²) in [7, 11) is 1.47. The maximum absolute atomic E-state index is 13.4. The first kappa shape index (κ1) is 19.6. The third-order valence-electron chi connectivity index (χ3n) is 5.16. The molecule has 0 N–H and O–H groups in total. The molecule has 2 heterocycles. The molecule has 2 aliphatic rings. The van der Waals surface area contributed by atoms with Crippen LogP contribution in [0.1, 0.15) is 12.5 Å². The molecule has 2 amide bonds. The Kier molecular flexibility index (Phi) is 4.99. The number of imide groups is 1. The monoisotopic (exact) mass is 407 g/mol. The molecule has 2 atom stereocenters. The number of para-hydroxylation sites is 2. The van der Waals surface area contributed by atoms with Gasteiger partial charge in [-0.15, -0.1) is 0 Å². The van der Waals surface area contributed by atoms with Gasteiger partial charge in [0.1, 0.15) is 17.7 Å². The lowest BCUT2D eigenvalue weighted by Crippen LogP contribution is -2.39. The predicted molar refractivity (Wildman–Crippen MR) is 110 cm³/mol. The van der Waals surface area contributed by atoms with Gasteiger partial charge < -0.3 is 9.47 Å². The lowest BCUT2D eigenvalue weighted by Gasteiger charge is -2.23. The molecule has 154 valence electrons. The molecule has 0 aromatic heterocycles. The molecule has 30 heavy (non-hydrogen) atoms. The number of benzene rings is 2. The van der Waals surface area contributed by atoms with Gasteiger partial charge in [-0.25, -0.2) is 9.69 Å². The van der Waals surface area contributed by atoms with Gasteiger partial charge in [0, 0.05) is 0 Å². The lowest BCUT2D eigenvalue weighted by atomic mass is 9.97. The maximum atomic E-state index is 13.4. The van der Waals surface area contributed by atoms with E-state index in [1.807, 2.05) is 19.1 Å². The van der Waals surface area contributed by atoms with Gasteiger partial charge in [-0.2, -0.15) is 5.10 Å². The number of ether oxygens (including phenoxy) is 2. The molecular weight excluding hydrogens is 386 g/mol. The Morgan fingerprint density at radius 1 is 1.07 bits per heavy atom. The van der Waals surface area contributed by atoms with Crippen LogP contribution in [0.2, 0.25) is 0 Å². The molecule has 2 aromatic carbocycles. The van der Waals surface area contributed by atoms with Crippen molar-refractivity contribution in [3.8, 4) is 5.75 Å². The first-order valence-corrected chi connectivity index (χ1v) is 9.60. The highest BCUT2D eigenvalue weighted by Crippen LogP contribution is 2.40. The summed E-state index contributed by atoms with van der Waals surface area (Å²) in [5.41, 5.74) is 1.90. The molecule has 8 heteroatoms. The topological polar surface area (TPSA) is 88.5 Å². The van der Waals surface area contributed by atoms with Crippen molar-refractivity contribution in [2.75, 3.05) is 23.6 Å². The smallest absolute Gasteiger partial charge is 0.355 e. The Morgan fingerprint density at radius 3 is 2.43 bits per heavy atom. The van der Waals surface area contributed by atoms with Gasteiger partial charge in [0.05, 0.1) is 25.1 Å². The third kappa shape index (κ3) is 3.01. The number of carbonyl (C=O) groups excluding carboxylic acids is 3. The zero-order valence-electron chi connectivity index (χ0n) is 16.9. The van der Waals surface area contributed by atoms with Crippen molar-refractivity contribution in [1.82, 2.24) is 0 Å². The number of aryl methyl sites for hydroxylation is 1. The number of anilines is 2. The highest BCUT2D eigenvalue weighted by Gasteiger charge is 2.59. The summed E-state index contributed by atoms with van der Waals surface area (Å²) in [6.07, 6.45) is 0. The van der Waals surface area contributed by atoms with E-state index in [0.717, 1.165) is 10.5 Å². The predicted octanol–water partition coefficient (Wildman–Crippen LogP) is 2.30. The van der Waals surface area contributed by atoms with E-state index in [1.165, 1.54) is 12.1 Å². The number of rotatable bonds is 5. The molecule has 8 nitrogen and oxygen atoms in total. The molecule has 0 bridgehead atoms. The van der Waals surface area contributed by atoms with Crippen molar-refractivity contribution in [3.05, 3.63) is 54.1 Å². The Bertz CT molecular complexity index is 1050. The number of methoxy groups -OCH3 is 1. The van der Waals surface area contributed by atoms with E-state index in [9.17, 15) is 14.4 Å². The number of hydrazone groups is 1. The van der Waals surface area contributed by atoms with Crippen molar-refractivity contribution >= 4 is 34.9 Å². The number of fused-ring (bicyclic) bond motifs is 1. The first-order chi connectivity index (χ1) is 14.5. The average Bonchev–Trinajstić information content (AvgIpc) is 3.26. The normalized spacial score (nSPS) is 20.3. The maximum Gasteiger partial charge on any atom is 0.355 e. The summed E-state index contributed by atoms with van der Waals surface area (Å²) in [5, 5.41) is 5.77. The van der Waals surface area contributed by atoms with E-state index < -0.39 is 29.7 Å². The Morgan fingerprint density at radius 2 is 1.77 bits per heavy atom. The molecular formula is C22H21N3O5. The summed E-state index contributed by atoms with van der Waals surface area (Å²) in [6, 6.07) is 13.1. The largest absolute Gasteiger partial charge is 0.495 e. The summed E-state index contributed by atoms with van der Waals surface area (Å²) >= 11 is 0. The number of amides is 2. The number of esters is 1. The standard InChI is InChI=1S/C22H21N3O5/c1-4-30-22(28)18-17-19(25(23-18)14-11-9-13(2)10-12-14)21(27)24(20(17)26)15-7-5-6-8-16(15)29-3/h5-12,17,19H,4H2,1-3H3. The van der Waals surface area contributed by atoms with Gasteiger partial charge >= 0.3 is 5.97 Å². The van der Waals surface area contributed by atoms with Gasteiger partial charge in [0.25, 0.3) is 5.91 Å². The highest BCUT2D eigenvalue weighted by molar-refractivity contribution is 6.47. The van der Waals surface area contributed by atoms with E-state index >= 15 is 0 Å². The van der Waals surface area contributed by atoms with Crippen LogP contribution in [0.25, 0.3) is 0 Å². The average molecular weight is 407 g/mol. The second kappa shape index (κ2) is 7.62. The number of hydrogen-bond acceptors (Lipinski definition) is 7. The van der Waals surface area contributed by atoms with Gasteiger partial charge in [0.15, 0.2) is 5.71 Å². The quantitative estimate of drug-likeness (QED) is 0.558. The minimum absolute atomic E-state index is 0.0711. The second-order valence-corrected chi connectivity index (χ2v) is 6.99. The molecule has 0 aliphatic carbocycles. The van der Waals surface area contributed by atoms with Crippen LogP contribution in [-0.2, 0) is 19.1 Å². The van der Waals surface area contributed by atoms with Crippen molar-refractivity contribution in [1.29, 1.82) is 0 Å². The van der Waals surface area contributed by atoms with Crippen LogP contribution in [-0.4, -0.2) is 43.3 Å². The van der Waals surface area contributed by atoms with Crippen LogP contribution in [0, 0.1) is 12.8 Å². The van der Waals surface area contributed by atoms with Gasteiger partial charge in [0.2, 0.25) is 5.91 Å². The lowest BCUT2D eigenvalue weighted by molar-refractivity contribution is -0.136. The molecule has 1 saturated heterocycles. The molecule has 0 saturated carbocycles. The molecule has 4 rings (SSSR count). The Balaban J connectivity index is 1.81. The first-order valence-electron chi connectivity index (χ1n) is 9.60. The third-order valence-corrected chi connectivity index (χ3v) is 5.16. The van der Waals surface area contributed by atoms with Crippen molar-refractivity contribution in [2.45, 2.75) is 19.9 Å². The Labute approximate surface area is 173 Å². The van der Waals surface area contributed by atoms with E-state index in [1.54, 1.807) is 43.3 Å². The zero-order valence-corrected chi connectivity index (χ0v) is 16.9. The number of carbonyl (C=O) groups is 3. The van der Waals surface area contributed by atoms with Crippen molar-refractivity contribution in [2.24, 2.45) is 11.0 Å². The van der Waals surface area contributed by atoms with E-state index in [-0.39, 0.29) is 12.3 Å². The SMILES string of the molecule is CCOC(=O)C1=NN(c2ccc(C)cc2)C2C(=O)N(c3ccccc3OC)C(=O)C12. The second-order valence-electron chi connectivity index (χ2n) is 6.99. The Hall–Kier alpha value is -3.68. The van der Waals surface area contributed by atoms with Crippen LogP contribution < -0.4 is 14.6 Å². The van der Waals surface area contributed by atoms with Gasteiger partial charge in [-0.05, 0) is 38.1 Å². The fourth-order valence-electron chi connectivity index (χ4n) is 3.75. The summed E-state index contributed by atoms with van der Waals surface area (Å²) in [5.74, 6) is -2.38. The van der Waals surface area contributed by atoms with Crippen LogP contribution in [0.5, 0.6) is 5.75 Å². The number of nitrogens with zero attached hydrogens (tertiary/aromatic N) is 3. The van der Waals surface area contributed by atoms with E-state index in [4.69, 9.17) is 9.47 Å². The van der Waals surface area contributed by atoms with Crippen LogP contribution in [0.3, 0.4) is 0 Å². The minimum atomic E-state index is -1.05. The summed E-state index contributed by atoms with van der Waals surface area (Å²) in [4.78, 5) is 40.4. The van der Waals surface area contributed by atoms with E-state index in [2.05, 4.69) is 5.10 Å². The fraction of sp³-hybridized carbons (Fsp3) is 0.273. The fourth-order valence-corrected chi connectivity index (χ4v) is 3.75.